The van der Waals surface area contributed by atoms with Crippen molar-refractivity contribution in [3.63, 3.8) is 0 Å². The third kappa shape index (κ3) is 1.00. The average Bonchev–Trinajstić information content (AvgIpc) is 2.18. The average molecular weight is 123 g/mol. The summed E-state index contributed by atoms with van der Waals surface area (Å²) in [4.78, 5) is 6.34. The number of nitrogens with zero attached hydrogens (tertiary/aromatic N) is 5. The Morgan fingerprint density at radius 1 is 1.89 bits per heavy atom. The van der Waals surface area contributed by atoms with Crippen molar-refractivity contribution in [1.82, 2.24) is 9.55 Å². The molecule has 0 aliphatic carbocycles. The zero-order valence-corrected chi connectivity index (χ0v) is 4.89. The summed E-state index contributed by atoms with van der Waals surface area (Å²) in [5, 5.41) is 3.35. The molecule has 0 radical (unpaired) electrons. The van der Waals surface area contributed by atoms with E-state index in [2.05, 4.69) is 15.0 Å². The molecule has 0 spiro atoms. The normalized spacial score (nSPS) is 8.56. The van der Waals surface area contributed by atoms with E-state index < -0.39 is 0 Å². The highest BCUT2D eigenvalue weighted by molar-refractivity contribution is 5.22. The van der Waals surface area contributed by atoms with E-state index in [1.807, 2.05) is 0 Å². The Morgan fingerprint density at radius 2 is 2.67 bits per heavy atom. The number of rotatable bonds is 1. The van der Waals surface area contributed by atoms with E-state index >= 15 is 0 Å². The molecule has 0 N–H and O–H groups in total. The molecule has 0 aliphatic heterocycles. The van der Waals surface area contributed by atoms with Crippen LogP contribution in [-0.4, -0.2) is 9.55 Å². The summed E-state index contributed by atoms with van der Waals surface area (Å²) in [6.45, 7) is 0. The Kier molecular flexibility index (Phi) is 1.38. The highest BCUT2D eigenvalue weighted by Gasteiger charge is 1.89. The minimum atomic E-state index is 0.525. The van der Waals surface area contributed by atoms with Crippen LogP contribution in [0.4, 0.5) is 5.82 Å². The van der Waals surface area contributed by atoms with Gasteiger partial charge in [-0.3, -0.25) is 0 Å². The first-order valence-corrected chi connectivity index (χ1v) is 2.36. The van der Waals surface area contributed by atoms with Gasteiger partial charge in [0.25, 0.3) is 0 Å². The largest absolute Gasteiger partial charge is 0.332 e. The van der Waals surface area contributed by atoms with Crippen LogP contribution in [-0.2, 0) is 7.05 Å². The third-order valence-corrected chi connectivity index (χ3v) is 0.938. The Bertz CT molecular complexity index is 243. The molecule has 0 bridgehead atoms. The van der Waals surface area contributed by atoms with E-state index in [9.17, 15) is 0 Å². The highest BCUT2D eigenvalue weighted by atomic mass is 15.2. The molecule has 1 heterocycles. The fraction of sp³-hybridized carbons (Fsp3) is 0.250. The minimum absolute atomic E-state index is 0.525. The van der Waals surface area contributed by atoms with E-state index in [4.69, 9.17) is 5.53 Å². The maximum absolute atomic E-state index is 7.98. The SMILES string of the molecule is Cn1cncc1N=[N+]=[N-]. The van der Waals surface area contributed by atoms with Crippen molar-refractivity contribution in [3.05, 3.63) is 23.0 Å². The molecule has 0 atom stereocenters. The molecule has 0 saturated heterocycles. The second-order valence-corrected chi connectivity index (χ2v) is 1.55. The van der Waals surface area contributed by atoms with Gasteiger partial charge in [0.05, 0.1) is 12.5 Å². The lowest BCUT2D eigenvalue weighted by atomic mass is 10.8. The Hall–Kier alpha value is -1.48. The first-order valence-electron chi connectivity index (χ1n) is 2.36. The number of aromatic nitrogens is 2. The lowest BCUT2D eigenvalue weighted by Gasteiger charge is -1.87. The summed E-state index contributed by atoms with van der Waals surface area (Å²) in [6.07, 6.45) is 3.07. The van der Waals surface area contributed by atoms with Crippen LogP contribution in [0.1, 0.15) is 0 Å². The molecule has 9 heavy (non-hydrogen) atoms. The molecule has 1 rings (SSSR count). The number of aryl methyl sites for hydroxylation is 1. The Morgan fingerprint density at radius 3 is 3.11 bits per heavy atom. The van der Waals surface area contributed by atoms with Crippen molar-refractivity contribution in [3.8, 4) is 0 Å². The van der Waals surface area contributed by atoms with Crippen LogP contribution < -0.4 is 0 Å². The van der Waals surface area contributed by atoms with E-state index in [0.29, 0.717) is 5.82 Å². The van der Waals surface area contributed by atoms with Crippen molar-refractivity contribution in [1.29, 1.82) is 0 Å². The van der Waals surface area contributed by atoms with Crippen molar-refractivity contribution >= 4 is 5.82 Å². The van der Waals surface area contributed by atoms with E-state index in [-0.39, 0.29) is 0 Å². The van der Waals surface area contributed by atoms with E-state index in [1.165, 1.54) is 6.20 Å². The zero-order valence-electron chi connectivity index (χ0n) is 4.89. The molecule has 0 saturated carbocycles. The monoisotopic (exact) mass is 123 g/mol. The number of azide groups is 1. The van der Waals surface area contributed by atoms with Gasteiger partial charge in [0.2, 0.25) is 0 Å². The predicted octanol–water partition coefficient (Wildman–Crippen LogP) is 1.36. The molecular formula is C4H5N5. The van der Waals surface area contributed by atoms with Crippen LogP contribution in [0.15, 0.2) is 17.6 Å². The zero-order chi connectivity index (χ0) is 6.69. The smallest absolute Gasteiger partial charge is 0.124 e. The quantitative estimate of drug-likeness (QED) is 0.316. The summed E-state index contributed by atoms with van der Waals surface area (Å²) in [5.41, 5.74) is 7.98. The van der Waals surface area contributed by atoms with Crippen LogP contribution in [0.3, 0.4) is 0 Å². The summed E-state index contributed by atoms with van der Waals surface area (Å²) >= 11 is 0. The lowest BCUT2D eigenvalue weighted by molar-refractivity contribution is 0.910. The number of hydrogen-bond acceptors (Lipinski definition) is 2. The molecule has 46 valence electrons. The summed E-state index contributed by atoms with van der Waals surface area (Å²) < 4.78 is 1.64. The van der Waals surface area contributed by atoms with Crippen molar-refractivity contribution < 1.29 is 0 Å². The minimum Gasteiger partial charge on any atom is -0.332 e. The van der Waals surface area contributed by atoms with Crippen LogP contribution in [0, 0.1) is 0 Å². The molecular weight excluding hydrogens is 118 g/mol. The lowest BCUT2D eigenvalue weighted by Crippen LogP contribution is -1.80. The fourth-order valence-corrected chi connectivity index (χ4v) is 0.492. The molecule has 0 unspecified atom stereocenters. The van der Waals surface area contributed by atoms with Gasteiger partial charge in [-0.2, -0.15) is 0 Å². The van der Waals surface area contributed by atoms with Gasteiger partial charge in [-0.25, -0.2) is 4.98 Å². The van der Waals surface area contributed by atoms with Crippen LogP contribution in [0.5, 0.6) is 0 Å². The fourth-order valence-electron chi connectivity index (χ4n) is 0.492. The van der Waals surface area contributed by atoms with Gasteiger partial charge in [-0.15, -0.1) is 0 Å². The molecule has 5 heteroatoms. The summed E-state index contributed by atoms with van der Waals surface area (Å²) in [6, 6.07) is 0. The van der Waals surface area contributed by atoms with E-state index in [1.54, 1.807) is 17.9 Å². The second-order valence-electron chi connectivity index (χ2n) is 1.55. The molecule has 1 aromatic rings. The first kappa shape index (κ1) is 5.65. The van der Waals surface area contributed by atoms with Gasteiger partial charge >= 0.3 is 0 Å². The van der Waals surface area contributed by atoms with Crippen molar-refractivity contribution in [2.75, 3.05) is 0 Å². The maximum atomic E-state index is 7.98. The van der Waals surface area contributed by atoms with Crippen LogP contribution in [0.2, 0.25) is 0 Å². The topological polar surface area (TPSA) is 66.6 Å². The van der Waals surface area contributed by atoms with Crippen molar-refractivity contribution in [2.24, 2.45) is 12.2 Å². The molecule has 0 aliphatic rings. The molecule has 1 aromatic heterocycles. The molecule has 5 nitrogen and oxygen atoms in total. The Balaban J connectivity index is 3.07. The van der Waals surface area contributed by atoms with Crippen LogP contribution in [0.25, 0.3) is 10.4 Å². The number of hydrogen-bond donors (Lipinski definition) is 0. The predicted molar refractivity (Wildman–Crippen MR) is 32.0 cm³/mol. The summed E-state index contributed by atoms with van der Waals surface area (Å²) in [5.74, 6) is 0.525. The van der Waals surface area contributed by atoms with Crippen molar-refractivity contribution in [2.45, 2.75) is 0 Å². The van der Waals surface area contributed by atoms with Gasteiger partial charge < -0.3 is 4.57 Å². The van der Waals surface area contributed by atoms with Gasteiger partial charge in [0, 0.05) is 12.0 Å². The van der Waals surface area contributed by atoms with Gasteiger partial charge in [0.1, 0.15) is 5.82 Å². The third-order valence-electron chi connectivity index (χ3n) is 0.938. The summed E-state index contributed by atoms with van der Waals surface area (Å²) in [7, 11) is 1.76. The first-order chi connectivity index (χ1) is 4.34. The highest BCUT2D eigenvalue weighted by Crippen LogP contribution is 2.06. The molecule has 0 fully saturated rings. The van der Waals surface area contributed by atoms with Gasteiger partial charge in [-0.05, 0) is 10.6 Å². The number of imidazole rings is 1. The van der Waals surface area contributed by atoms with Crippen LogP contribution >= 0.6 is 0 Å². The Labute approximate surface area is 51.6 Å². The standard InChI is InChI=1S/C4H5N5/c1-9-3-6-2-4(9)7-8-5/h2-3H,1H3. The second kappa shape index (κ2) is 2.19. The van der Waals surface area contributed by atoms with E-state index in [0.717, 1.165) is 0 Å². The van der Waals surface area contributed by atoms with Gasteiger partial charge in [-0.1, -0.05) is 0 Å². The maximum Gasteiger partial charge on any atom is 0.124 e. The molecule has 0 aromatic carbocycles. The molecule has 0 amide bonds. The van der Waals surface area contributed by atoms with Gasteiger partial charge in [0.15, 0.2) is 0 Å².